The van der Waals surface area contributed by atoms with E-state index < -0.39 is 5.97 Å². The van der Waals surface area contributed by atoms with E-state index >= 15 is 0 Å². The first kappa shape index (κ1) is 15.4. The van der Waals surface area contributed by atoms with Crippen LogP contribution < -0.4 is 0 Å². The van der Waals surface area contributed by atoms with Crippen molar-refractivity contribution >= 4 is 21.9 Å². The van der Waals surface area contributed by atoms with Crippen LogP contribution in [0, 0.1) is 11.7 Å². The summed E-state index contributed by atoms with van der Waals surface area (Å²) in [6.07, 6.45) is 3.03. The van der Waals surface area contributed by atoms with Crippen LogP contribution in [-0.2, 0) is 11.3 Å². The van der Waals surface area contributed by atoms with Gasteiger partial charge >= 0.3 is 5.97 Å². The Balaban J connectivity index is 1.80. The zero-order valence-electron chi connectivity index (χ0n) is 11.3. The molecule has 1 fully saturated rings. The molecule has 1 saturated heterocycles. The molecule has 1 aliphatic rings. The summed E-state index contributed by atoms with van der Waals surface area (Å²) < 4.78 is 14.5. The van der Waals surface area contributed by atoms with E-state index in [4.69, 9.17) is 5.11 Å². The van der Waals surface area contributed by atoms with Crippen LogP contribution in [-0.4, -0.2) is 29.1 Å². The quantitative estimate of drug-likeness (QED) is 0.886. The highest BCUT2D eigenvalue weighted by molar-refractivity contribution is 9.10. The Morgan fingerprint density at radius 3 is 2.70 bits per heavy atom. The summed E-state index contributed by atoms with van der Waals surface area (Å²) in [5, 5.41) is 8.69. The van der Waals surface area contributed by atoms with E-state index in [1.165, 1.54) is 6.07 Å². The summed E-state index contributed by atoms with van der Waals surface area (Å²) in [5.74, 6) is -0.395. The minimum Gasteiger partial charge on any atom is -0.481 e. The van der Waals surface area contributed by atoms with Crippen molar-refractivity contribution in [3.05, 3.63) is 34.1 Å². The maximum absolute atomic E-state index is 13.8. The number of benzene rings is 1. The van der Waals surface area contributed by atoms with Crippen LogP contribution in [0.15, 0.2) is 22.7 Å². The number of aliphatic carboxylic acids is 1. The third kappa shape index (κ3) is 4.56. The van der Waals surface area contributed by atoms with Gasteiger partial charge in [-0.1, -0.05) is 22.0 Å². The van der Waals surface area contributed by atoms with Crippen molar-refractivity contribution in [3.8, 4) is 0 Å². The summed E-state index contributed by atoms with van der Waals surface area (Å²) in [4.78, 5) is 12.8. The van der Waals surface area contributed by atoms with Crippen molar-refractivity contribution in [1.29, 1.82) is 0 Å². The first-order valence-corrected chi connectivity index (χ1v) is 7.72. The second-order valence-corrected chi connectivity index (χ2v) is 6.30. The molecule has 0 amide bonds. The fraction of sp³-hybridized carbons (Fsp3) is 0.533. The molecule has 3 nitrogen and oxygen atoms in total. The van der Waals surface area contributed by atoms with Crippen molar-refractivity contribution in [2.75, 3.05) is 13.1 Å². The Bertz CT molecular complexity index is 473. The molecule has 1 aliphatic heterocycles. The molecule has 0 atom stereocenters. The average molecular weight is 344 g/mol. The number of halogens is 2. The molecule has 0 spiro atoms. The SMILES string of the molecule is O=C(O)CCC1CCN(Cc2ccc(Br)cc2F)CC1. The fourth-order valence-corrected chi connectivity index (χ4v) is 2.98. The van der Waals surface area contributed by atoms with Gasteiger partial charge in [-0.05, 0) is 50.4 Å². The second kappa shape index (κ2) is 7.18. The number of carboxylic acids is 1. The van der Waals surface area contributed by atoms with Gasteiger partial charge in [0.25, 0.3) is 0 Å². The van der Waals surface area contributed by atoms with E-state index in [1.54, 1.807) is 0 Å². The highest BCUT2D eigenvalue weighted by Crippen LogP contribution is 2.24. The average Bonchev–Trinajstić information content (AvgIpc) is 2.41. The molecule has 1 aromatic carbocycles. The molecule has 20 heavy (non-hydrogen) atoms. The number of rotatable bonds is 5. The van der Waals surface area contributed by atoms with E-state index in [1.807, 2.05) is 12.1 Å². The molecule has 1 N–H and O–H groups in total. The topological polar surface area (TPSA) is 40.5 Å². The molecular weight excluding hydrogens is 325 g/mol. The van der Waals surface area contributed by atoms with Crippen LogP contribution >= 0.6 is 15.9 Å². The predicted molar refractivity (Wildman–Crippen MR) is 79.0 cm³/mol. The van der Waals surface area contributed by atoms with E-state index in [2.05, 4.69) is 20.8 Å². The molecule has 1 aromatic rings. The maximum Gasteiger partial charge on any atom is 0.303 e. The summed E-state index contributed by atoms with van der Waals surface area (Å²) in [6, 6.07) is 5.17. The molecule has 5 heteroatoms. The third-order valence-corrected chi connectivity index (χ3v) is 4.38. The minimum absolute atomic E-state index is 0.174. The molecule has 0 unspecified atom stereocenters. The van der Waals surface area contributed by atoms with Gasteiger partial charge in [0.05, 0.1) is 0 Å². The minimum atomic E-state index is -0.718. The lowest BCUT2D eigenvalue weighted by Gasteiger charge is -2.31. The van der Waals surface area contributed by atoms with Crippen LogP contribution in [0.3, 0.4) is 0 Å². The van der Waals surface area contributed by atoms with Crippen molar-refractivity contribution in [2.24, 2.45) is 5.92 Å². The van der Waals surface area contributed by atoms with Crippen molar-refractivity contribution in [1.82, 2.24) is 4.90 Å². The molecule has 0 bridgehead atoms. The van der Waals surface area contributed by atoms with Gasteiger partial charge in [0, 0.05) is 23.0 Å². The Morgan fingerprint density at radius 1 is 1.40 bits per heavy atom. The number of piperidine rings is 1. The number of hydrogen-bond acceptors (Lipinski definition) is 2. The molecule has 0 aromatic heterocycles. The Labute approximate surface area is 126 Å². The second-order valence-electron chi connectivity index (χ2n) is 5.39. The first-order chi connectivity index (χ1) is 9.54. The Morgan fingerprint density at radius 2 is 2.10 bits per heavy atom. The Kier molecular flexibility index (Phi) is 5.54. The van der Waals surface area contributed by atoms with Gasteiger partial charge in [0.1, 0.15) is 5.82 Å². The van der Waals surface area contributed by atoms with Gasteiger partial charge in [-0.15, -0.1) is 0 Å². The molecule has 110 valence electrons. The molecule has 1 heterocycles. The molecule has 2 rings (SSSR count). The zero-order chi connectivity index (χ0) is 14.5. The van der Waals surface area contributed by atoms with Crippen molar-refractivity contribution in [3.63, 3.8) is 0 Å². The number of hydrogen-bond donors (Lipinski definition) is 1. The monoisotopic (exact) mass is 343 g/mol. The molecule has 0 saturated carbocycles. The predicted octanol–water partition coefficient (Wildman–Crippen LogP) is 3.67. The number of carboxylic acid groups (broad SMARTS) is 1. The van der Waals surface area contributed by atoms with Crippen LogP contribution in [0.1, 0.15) is 31.2 Å². The van der Waals surface area contributed by atoms with Gasteiger partial charge in [0.2, 0.25) is 0 Å². The lowest BCUT2D eigenvalue weighted by Crippen LogP contribution is -2.33. The summed E-state index contributed by atoms with van der Waals surface area (Å²) in [5.41, 5.74) is 0.720. The highest BCUT2D eigenvalue weighted by atomic mass is 79.9. The highest BCUT2D eigenvalue weighted by Gasteiger charge is 2.20. The van der Waals surface area contributed by atoms with Gasteiger partial charge in [-0.2, -0.15) is 0 Å². The smallest absolute Gasteiger partial charge is 0.303 e. The summed E-state index contributed by atoms with van der Waals surface area (Å²) >= 11 is 3.26. The molecule has 0 aliphatic carbocycles. The first-order valence-electron chi connectivity index (χ1n) is 6.92. The van der Waals surface area contributed by atoms with Gasteiger partial charge in [0.15, 0.2) is 0 Å². The van der Waals surface area contributed by atoms with E-state index in [-0.39, 0.29) is 12.2 Å². The molecule has 0 radical (unpaired) electrons. The van der Waals surface area contributed by atoms with E-state index in [0.717, 1.165) is 42.4 Å². The number of likely N-dealkylation sites (tertiary alicyclic amines) is 1. The van der Waals surface area contributed by atoms with E-state index in [9.17, 15) is 9.18 Å². The van der Waals surface area contributed by atoms with Gasteiger partial charge in [-0.3, -0.25) is 9.69 Å². The van der Waals surface area contributed by atoms with Gasteiger partial charge < -0.3 is 5.11 Å². The Hall–Kier alpha value is -0.940. The van der Waals surface area contributed by atoms with Crippen LogP contribution in [0.25, 0.3) is 0 Å². The largest absolute Gasteiger partial charge is 0.481 e. The van der Waals surface area contributed by atoms with Crippen LogP contribution in [0.5, 0.6) is 0 Å². The summed E-state index contributed by atoms with van der Waals surface area (Å²) in [6.45, 7) is 2.46. The van der Waals surface area contributed by atoms with Crippen molar-refractivity contribution in [2.45, 2.75) is 32.2 Å². The maximum atomic E-state index is 13.8. The molecular formula is C15H19BrFNO2. The summed E-state index contributed by atoms with van der Waals surface area (Å²) in [7, 11) is 0. The standard InChI is InChI=1S/C15H19BrFNO2/c16-13-3-2-12(14(17)9-13)10-18-7-5-11(6-8-18)1-4-15(19)20/h2-3,9,11H,1,4-8,10H2,(H,19,20). The lowest BCUT2D eigenvalue weighted by molar-refractivity contribution is -0.137. The van der Waals surface area contributed by atoms with Crippen molar-refractivity contribution < 1.29 is 14.3 Å². The van der Waals surface area contributed by atoms with Crippen LogP contribution in [0.4, 0.5) is 4.39 Å². The van der Waals surface area contributed by atoms with E-state index in [0.29, 0.717) is 12.5 Å². The lowest BCUT2D eigenvalue weighted by atomic mass is 9.92. The fourth-order valence-electron chi connectivity index (χ4n) is 2.65. The normalized spacial score (nSPS) is 17.3. The number of carbonyl (C=O) groups is 1. The van der Waals surface area contributed by atoms with Gasteiger partial charge in [-0.25, -0.2) is 4.39 Å². The third-order valence-electron chi connectivity index (χ3n) is 3.88. The van der Waals surface area contributed by atoms with Crippen LogP contribution in [0.2, 0.25) is 0 Å². The number of nitrogens with zero attached hydrogens (tertiary/aromatic N) is 1. The zero-order valence-corrected chi connectivity index (χ0v) is 12.9.